The van der Waals surface area contributed by atoms with Crippen molar-refractivity contribution in [3.05, 3.63) is 36.4 Å². The van der Waals surface area contributed by atoms with E-state index in [1.165, 1.54) is 0 Å². The summed E-state index contributed by atoms with van der Waals surface area (Å²) in [5.74, 6) is 0. The van der Waals surface area contributed by atoms with Crippen molar-refractivity contribution in [2.45, 2.75) is 25.3 Å². The number of allylic oxidation sites excluding steroid dienone is 1. The van der Waals surface area contributed by atoms with Gasteiger partial charge in [-0.1, -0.05) is 24.3 Å². The van der Waals surface area contributed by atoms with Gasteiger partial charge in [0.25, 0.3) is 0 Å². The molecule has 1 aromatic rings. The Labute approximate surface area is 138 Å². The quantitative estimate of drug-likeness (QED) is 0.843. The monoisotopic (exact) mass is 314 g/mol. The zero-order valence-corrected chi connectivity index (χ0v) is 13.8. The molecule has 1 atom stereocenters. The molecule has 0 bridgehead atoms. The molecule has 1 aliphatic carbocycles. The molecule has 2 amide bonds. The normalized spacial score (nSPS) is 22.0. The van der Waals surface area contributed by atoms with E-state index in [0.717, 1.165) is 56.8 Å². The van der Waals surface area contributed by atoms with Crippen LogP contribution in [0.25, 0.3) is 0 Å². The van der Waals surface area contributed by atoms with Gasteiger partial charge in [0.1, 0.15) is 0 Å². The zero-order valence-electron chi connectivity index (χ0n) is 13.8. The summed E-state index contributed by atoms with van der Waals surface area (Å²) in [6.07, 6.45) is 7.51. The molecule has 1 saturated heterocycles. The Morgan fingerprint density at radius 3 is 2.70 bits per heavy atom. The molecule has 0 spiro atoms. The maximum atomic E-state index is 12.3. The summed E-state index contributed by atoms with van der Waals surface area (Å²) >= 11 is 0. The summed E-state index contributed by atoms with van der Waals surface area (Å²) in [4.78, 5) is 17.0. The fraction of sp³-hybridized carbons (Fsp3) is 0.500. The van der Waals surface area contributed by atoms with Crippen molar-refractivity contribution in [1.29, 1.82) is 0 Å². The van der Waals surface area contributed by atoms with Gasteiger partial charge < -0.3 is 20.4 Å². The lowest BCUT2D eigenvalue weighted by atomic mass is 10.0. The lowest BCUT2D eigenvalue weighted by Gasteiger charge is -2.35. The van der Waals surface area contributed by atoms with E-state index in [0.29, 0.717) is 0 Å². The number of carbonyl (C=O) groups is 1. The lowest BCUT2D eigenvalue weighted by molar-refractivity contribution is 0.249. The van der Waals surface area contributed by atoms with Crippen molar-refractivity contribution < 1.29 is 4.79 Å². The molecule has 0 unspecified atom stereocenters. The summed E-state index contributed by atoms with van der Waals surface area (Å²) in [5.41, 5.74) is 1.99. The molecule has 1 aliphatic heterocycles. The second kappa shape index (κ2) is 7.51. The first-order chi connectivity index (χ1) is 11.2. The van der Waals surface area contributed by atoms with Crippen LogP contribution >= 0.6 is 0 Å². The Bertz CT molecular complexity index is 564. The smallest absolute Gasteiger partial charge is 0.319 e. The Hall–Kier alpha value is -2.01. The maximum absolute atomic E-state index is 12.3. The highest BCUT2D eigenvalue weighted by molar-refractivity contribution is 5.93. The third kappa shape index (κ3) is 4.26. The highest BCUT2D eigenvalue weighted by Crippen LogP contribution is 2.26. The number of hydrogen-bond donors (Lipinski definition) is 2. The number of piperazine rings is 1. The number of nitrogens with zero attached hydrogens (tertiary/aromatic N) is 2. The minimum absolute atomic E-state index is 0.122. The molecule has 2 N–H and O–H groups in total. The first kappa shape index (κ1) is 15.9. The first-order valence-corrected chi connectivity index (χ1v) is 8.49. The van der Waals surface area contributed by atoms with Crippen molar-refractivity contribution >= 4 is 17.4 Å². The van der Waals surface area contributed by atoms with E-state index in [1.54, 1.807) is 0 Å². The molecular formula is C18H26N4O. The van der Waals surface area contributed by atoms with Crippen molar-refractivity contribution in [3.8, 4) is 0 Å². The van der Waals surface area contributed by atoms with E-state index in [1.807, 2.05) is 18.2 Å². The predicted octanol–water partition coefficient (Wildman–Crippen LogP) is 2.67. The van der Waals surface area contributed by atoms with Gasteiger partial charge in [0, 0.05) is 32.2 Å². The van der Waals surface area contributed by atoms with Gasteiger partial charge in [-0.15, -0.1) is 0 Å². The number of hydrogen-bond acceptors (Lipinski definition) is 3. The fourth-order valence-corrected chi connectivity index (χ4v) is 3.16. The Morgan fingerprint density at radius 2 is 1.96 bits per heavy atom. The molecule has 1 fully saturated rings. The Balaban J connectivity index is 1.64. The second-order valence-corrected chi connectivity index (χ2v) is 6.37. The van der Waals surface area contributed by atoms with Gasteiger partial charge in [-0.25, -0.2) is 4.79 Å². The summed E-state index contributed by atoms with van der Waals surface area (Å²) in [6, 6.07) is 8.09. The van der Waals surface area contributed by atoms with Gasteiger partial charge in [-0.2, -0.15) is 0 Å². The number of carbonyl (C=O) groups excluding carboxylic acids is 1. The second-order valence-electron chi connectivity index (χ2n) is 6.37. The molecule has 0 aromatic heterocycles. The van der Waals surface area contributed by atoms with Crippen LogP contribution in [0.2, 0.25) is 0 Å². The molecule has 124 valence electrons. The average Bonchev–Trinajstić information content (AvgIpc) is 2.57. The molecule has 1 heterocycles. The van der Waals surface area contributed by atoms with Crippen LogP contribution in [0.4, 0.5) is 16.2 Å². The third-order valence-electron chi connectivity index (χ3n) is 4.57. The molecule has 2 aliphatic rings. The van der Waals surface area contributed by atoms with Crippen LogP contribution in [0, 0.1) is 0 Å². The van der Waals surface area contributed by atoms with Gasteiger partial charge >= 0.3 is 6.03 Å². The summed E-state index contributed by atoms with van der Waals surface area (Å²) in [6.45, 7) is 4.07. The molecule has 1 aromatic carbocycles. The van der Waals surface area contributed by atoms with Gasteiger partial charge in [-0.3, -0.25) is 0 Å². The van der Waals surface area contributed by atoms with Gasteiger partial charge in [0.15, 0.2) is 0 Å². The highest BCUT2D eigenvalue weighted by Gasteiger charge is 2.18. The van der Waals surface area contributed by atoms with Crippen LogP contribution in [0.5, 0.6) is 0 Å². The van der Waals surface area contributed by atoms with Crippen LogP contribution < -0.4 is 15.5 Å². The number of anilines is 2. The third-order valence-corrected chi connectivity index (χ3v) is 4.57. The summed E-state index contributed by atoms with van der Waals surface area (Å²) in [5, 5.41) is 6.07. The largest absolute Gasteiger partial charge is 0.367 e. The van der Waals surface area contributed by atoms with Gasteiger partial charge in [0.05, 0.1) is 11.4 Å². The minimum atomic E-state index is -0.122. The number of likely N-dealkylation sites (N-methyl/N-ethyl adjacent to an activating group) is 1. The number of para-hydroxylation sites is 2. The number of nitrogens with one attached hydrogen (secondary N) is 2. The molecule has 3 rings (SSSR count). The molecule has 0 saturated carbocycles. The average molecular weight is 314 g/mol. The lowest BCUT2D eigenvalue weighted by Crippen LogP contribution is -2.45. The minimum Gasteiger partial charge on any atom is -0.367 e. The van der Waals surface area contributed by atoms with Crippen molar-refractivity contribution in [3.63, 3.8) is 0 Å². The van der Waals surface area contributed by atoms with Crippen LogP contribution in [-0.4, -0.2) is 50.2 Å². The Kier molecular flexibility index (Phi) is 5.18. The molecule has 23 heavy (non-hydrogen) atoms. The molecule has 5 heteroatoms. The number of urea groups is 1. The number of rotatable bonds is 3. The fourth-order valence-electron chi connectivity index (χ4n) is 3.16. The maximum Gasteiger partial charge on any atom is 0.319 e. The summed E-state index contributed by atoms with van der Waals surface area (Å²) in [7, 11) is 2.15. The molecule has 0 radical (unpaired) electrons. The number of amides is 2. The van der Waals surface area contributed by atoms with Crippen molar-refractivity contribution in [2.75, 3.05) is 43.4 Å². The van der Waals surface area contributed by atoms with Crippen LogP contribution in [0.3, 0.4) is 0 Å². The number of benzene rings is 1. The van der Waals surface area contributed by atoms with E-state index in [-0.39, 0.29) is 12.1 Å². The van der Waals surface area contributed by atoms with Crippen LogP contribution in [-0.2, 0) is 0 Å². The topological polar surface area (TPSA) is 47.6 Å². The molecular weight excluding hydrogens is 288 g/mol. The Morgan fingerprint density at radius 1 is 1.17 bits per heavy atom. The van der Waals surface area contributed by atoms with Gasteiger partial charge in [0.2, 0.25) is 0 Å². The van der Waals surface area contributed by atoms with Gasteiger partial charge in [-0.05, 0) is 38.4 Å². The van der Waals surface area contributed by atoms with Crippen molar-refractivity contribution in [2.24, 2.45) is 0 Å². The standard InChI is InChI=1S/C18H26N4O/c1-21-11-13-22(14-12-21)17-10-6-5-9-16(17)20-18(23)19-15-7-3-2-4-8-15/h3,5-7,9-10,15H,2,4,8,11-14H2,1H3,(H2,19,20,23)/t15-/m1/s1. The van der Waals surface area contributed by atoms with Crippen LogP contribution in [0.1, 0.15) is 19.3 Å². The first-order valence-electron chi connectivity index (χ1n) is 8.49. The SMILES string of the molecule is CN1CCN(c2ccccc2NC(=O)N[C@@H]2C=CCCC2)CC1. The molecule has 5 nitrogen and oxygen atoms in total. The predicted molar refractivity (Wildman–Crippen MR) is 95.1 cm³/mol. The van der Waals surface area contributed by atoms with E-state index in [2.05, 4.69) is 45.7 Å². The summed E-state index contributed by atoms with van der Waals surface area (Å²) < 4.78 is 0. The highest BCUT2D eigenvalue weighted by atomic mass is 16.2. The van der Waals surface area contributed by atoms with E-state index >= 15 is 0 Å². The van der Waals surface area contributed by atoms with Crippen LogP contribution in [0.15, 0.2) is 36.4 Å². The van der Waals surface area contributed by atoms with E-state index < -0.39 is 0 Å². The van der Waals surface area contributed by atoms with Crippen molar-refractivity contribution in [1.82, 2.24) is 10.2 Å². The zero-order chi connectivity index (χ0) is 16.1. The van der Waals surface area contributed by atoms with E-state index in [9.17, 15) is 4.79 Å². The van der Waals surface area contributed by atoms with E-state index in [4.69, 9.17) is 0 Å².